The van der Waals surface area contributed by atoms with Gasteiger partial charge < -0.3 is 15.1 Å². The molecule has 1 aliphatic carbocycles. The number of fused-ring (bicyclic) bond motifs is 1. The molecule has 0 spiro atoms. The van der Waals surface area contributed by atoms with Crippen LogP contribution < -0.4 is 10.2 Å². The van der Waals surface area contributed by atoms with Gasteiger partial charge in [-0.25, -0.2) is 14.4 Å². The fraction of sp³-hybridized carbons (Fsp3) is 0.593. The Morgan fingerprint density at radius 2 is 1.91 bits per heavy atom. The number of halogens is 2. The minimum absolute atomic E-state index is 0.0384. The van der Waals surface area contributed by atoms with Crippen molar-refractivity contribution in [1.29, 1.82) is 0 Å². The van der Waals surface area contributed by atoms with E-state index in [9.17, 15) is 9.18 Å². The standard InChI is InChI=1S/C27H35ClFN5O/c1-16-13-17(2)24-22(16)25(31-15-30-24)33-9-11-34(12-10-33)26(35)23(21-7-8-27(3,4)32-21)18-5-6-19(28)20(29)14-18/h5-6,14-17,21,23,32H,7-13H2,1-4H3/t16-,17?,21+,23+/m1/s1. The molecule has 1 N–H and O–H groups in total. The summed E-state index contributed by atoms with van der Waals surface area (Å²) in [5.41, 5.74) is 3.08. The topological polar surface area (TPSA) is 61.4 Å². The van der Waals surface area contributed by atoms with Crippen LogP contribution >= 0.6 is 11.6 Å². The molecule has 4 atom stereocenters. The summed E-state index contributed by atoms with van der Waals surface area (Å²) in [6, 6.07) is 4.75. The summed E-state index contributed by atoms with van der Waals surface area (Å²) in [4.78, 5) is 27.4. The molecule has 1 aromatic heterocycles. The van der Waals surface area contributed by atoms with E-state index in [1.54, 1.807) is 18.5 Å². The first kappa shape index (κ1) is 24.4. The number of aromatic nitrogens is 2. The summed E-state index contributed by atoms with van der Waals surface area (Å²) in [6.07, 6.45) is 4.62. The first-order valence-corrected chi connectivity index (χ1v) is 13.1. The number of hydrogen-bond donors (Lipinski definition) is 1. The zero-order valence-electron chi connectivity index (χ0n) is 21.0. The smallest absolute Gasteiger partial charge is 0.231 e. The number of nitrogens with zero attached hydrogens (tertiary/aromatic N) is 4. The molecule has 2 aliphatic heterocycles. The van der Waals surface area contributed by atoms with Gasteiger partial charge in [-0.15, -0.1) is 0 Å². The minimum Gasteiger partial charge on any atom is -0.353 e. The second-order valence-corrected chi connectivity index (χ2v) is 11.6. The van der Waals surface area contributed by atoms with Crippen LogP contribution in [0.15, 0.2) is 24.5 Å². The van der Waals surface area contributed by atoms with Gasteiger partial charge in [0.1, 0.15) is 18.0 Å². The van der Waals surface area contributed by atoms with Gasteiger partial charge in [0.2, 0.25) is 5.91 Å². The molecule has 6 nitrogen and oxygen atoms in total. The third kappa shape index (κ3) is 4.65. The molecule has 5 rings (SSSR count). The number of carbonyl (C=O) groups is 1. The molecule has 188 valence electrons. The van der Waals surface area contributed by atoms with Gasteiger partial charge in [0.05, 0.1) is 16.6 Å². The van der Waals surface area contributed by atoms with Crippen LogP contribution in [0.3, 0.4) is 0 Å². The molecule has 0 radical (unpaired) electrons. The second-order valence-electron chi connectivity index (χ2n) is 11.2. The maximum Gasteiger partial charge on any atom is 0.231 e. The number of carbonyl (C=O) groups excluding carboxylic acids is 1. The number of rotatable bonds is 4. The molecular formula is C27H35ClFN5O. The van der Waals surface area contributed by atoms with E-state index in [1.807, 2.05) is 4.90 Å². The highest BCUT2D eigenvalue weighted by molar-refractivity contribution is 6.30. The van der Waals surface area contributed by atoms with Crippen LogP contribution in [0.4, 0.5) is 10.2 Å². The van der Waals surface area contributed by atoms with Crippen LogP contribution in [0, 0.1) is 5.82 Å². The molecule has 35 heavy (non-hydrogen) atoms. The molecule has 0 bridgehead atoms. The van der Waals surface area contributed by atoms with Gasteiger partial charge >= 0.3 is 0 Å². The van der Waals surface area contributed by atoms with Gasteiger partial charge in [-0.2, -0.15) is 0 Å². The molecule has 2 fully saturated rings. The molecule has 2 saturated heterocycles. The van der Waals surface area contributed by atoms with Crippen molar-refractivity contribution in [2.45, 2.75) is 76.3 Å². The highest BCUT2D eigenvalue weighted by Crippen LogP contribution is 2.44. The SMILES string of the molecule is CC1C[C@@H](C)c2c1ncnc2N1CCN(C(=O)[C@@H](c2ccc(Cl)c(F)c2)[C@@H]2CCC(C)(C)N2)CC1. The van der Waals surface area contributed by atoms with E-state index >= 15 is 0 Å². The van der Waals surface area contributed by atoms with Crippen molar-refractivity contribution in [3.05, 3.63) is 52.2 Å². The summed E-state index contributed by atoms with van der Waals surface area (Å²) >= 11 is 5.95. The van der Waals surface area contributed by atoms with Crippen molar-refractivity contribution in [1.82, 2.24) is 20.2 Å². The average Bonchev–Trinajstić information content (AvgIpc) is 3.34. The molecule has 1 amide bonds. The maximum absolute atomic E-state index is 14.4. The van der Waals surface area contributed by atoms with E-state index in [1.165, 1.54) is 17.3 Å². The van der Waals surface area contributed by atoms with Crippen LogP contribution in [0.2, 0.25) is 5.02 Å². The van der Waals surface area contributed by atoms with E-state index in [0.29, 0.717) is 30.5 Å². The van der Waals surface area contributed by atoms with Crippen molar-refractivity contribution in [2.75, 3.05) is 31.1 Å². The van der Waals surface area contributed by atoms with E-state index in [2.05, 4.69) is 47.9 Å². The van der Waals surface area contributed by atoms with Gasteiger partial charge in [-0.05, 0) is 62.6 Å². The third-order valence-corrected chi connectivity index (χ3v) is 8.39. The Bertz CT molecular complexity index is 1120. The lowest BCUT2D eigenvalue weighted by Crippen LogP contribution is -2.53. The number of anilines is 1. The van der Waals surface area contributed by atoms with Gasteiger partial charge in [-0.3, -0.25) is 4.79 Å². The second kappa shape index (κ2) is 9.32. The zero-order valence-corrected chi connectivity index (χ0v) is 21.8. The van der Waals surface area contributed by atoms with E-state index in [0.717, 1.165) is 38.2 Å². The maximum atomic E-state index is 14.4. The van der Waals surface area contributed by atoms with Crippen LogP contribution in [0.5, 0.6) is 0 Å². The Kier molecular flexibility index (Phi) is 6.51. The van der Waals surface area contributed by atoms with Crippen molar-refractivity contribution >= 4 is 23.3 Å². The fourth-order valence-corrected chi connectivity index (χ4v) is 6.40. The van der Waals surface area contributed by atoms with Gasteiger partial charge in [0.25, 0.3) is 0 Å². The summed E-state index contributed by atoms with van der Waals surface area (Å²) in [5, 5.41) is 3.70. The molecule has 1 unspecified atom stereocenters. The summed E-state index contributed by atoms with van der Waals surface area (Å²) < 4.78 is 14.4. The van der Waals surface area contributed by atoms with Crippen LogP contribution in [0.25, 0.3) is 0 Å². The largest absolute Gasteiger partial charge is 0.353 e. The Morgan fingerprint density at radius 1 is 1.17 bits per heavy atom. The number of piperazine rings is 1. The molecule has 8 heteroatoms. The minimum atomic E-state index is -0.481. The molecular weight excluding hydrogens is 465 g/mol. The number of amides is 1. The monoisotopic (exact) mass is 499 g/mol. The first-order valence-electron chi connectivity index (χ1n) is 12.8. The average molecular weight is 500 g/mol. The molecule has 3 heterocycles. The van der Waals surface area contributed by atoms with Gasteiger partial charge in [-0.1, -0.05) is 31.5 Å². The summed E-state index contributed by atoms with van der Waals surface area (Å²) in [6.45, 7) is 11.5. The Hall–Kier alpha value is -2.25. The lowest BCUT2D eigenvalue weighted by Gasteiger charge is -2.39. The van der Waals surface area contributed by atoms with E-state index < -0.39 is 11.7 Å². The quantitative estimate of drug-likeness (QED) is 0.652. The van der Waals surface area contributed by atoms with E-state index in [-0.39, 0.29) is 22.5 Å². The Labute approximate surface area is 212 Å². The van der Waals surface area contributed by atoms with Crippen molar-refractivity contribution < 1.29 is 9.18 Å². The lowest BCUT2D eigenvalue weighted by molar-refractivity contribution is -0.133. The Morgan fingerprint density at radius 3 is 2.57 bits per heavy atom. The fourth-order valence-electron chi connectivity index (χ4n) is 6.28. The van der Waals surface area contributed by atoms with Crippen molar-refractivity contribution in [3.63, 3.8) is 0 Å². The highest BCUT2D eigenvalue weighted by atomic mass is 35.5. The summed E-state index contributed by atoms with van der Waals surface area (Å²) in [7, 11) is 0. The zero-order chi connectivity index (χ0) is 24.9. The van der Waals surface area contributed by atoms with Gasteiger partial charge in [0, 0.05) is 43.3 Å². The van der Waals surface area contributed by atoms with Crippen molar-refractivity contribution in [2.24, 2.45) is 0 Å². The first-order chi connectivity index (χ1) is 16.6. The normalized spacial score (nSPS) is 26.6. The van der Waals surface area contributed by atoms with Crippen LogP contribution in [0.1, 0.15) is 81.5 Å². The van der Waals surface area contributed by atoms with Crippen LogP contribution in [-0.4, -0.2) is 58.5 Å². The Balaban J connectivity index is 1.35. The lowest BCUT2D eigenvalue weighted by atomic mass is 9.88. The summed E-state index contributed by atoms with van der Waals surface area (Å²) in [5.74, 6) is 1.04. The number of benzene rings is 1. The predicted molar refractivity (Wildman–Crippen MR) is 137 cm³/mol. The van der Waals surface area contributed by atoms with Crippen LogP contribution in [-0.2, 0) is 4.79 Å². The van der Waals surface area contributed by atoms with Gasteiger partial charge in [0.15, 0.2) is 0 Å². The predicted octanol–water partition coefficient (Wildman–Crippen LogP) is 4.84. The molecule has 1 aromatic carbocycles. The molecule has 0 saturated carbocycles. The van der Waals surface area contributed by atoms with E-state index in [4.69, 9.17) is 11.6 Å². The number of hydrogen-bond acceptors (Lipinski definition) is 5. The highest BCUT2D eigenvalue weighted by Gasteiger charge is 2.41. The number of nitrogens with one attached hydrogen (secondary N) is 1. The molecule has 3 aliphatic rings. The third-order valence-electron chi connectivity index (χ3n) is 8.08. The van der Waals surface area contributed by atoms with Crippen molar-refractivity contribution in [3.8, 4) is 0 Å². The molecule has 2 aromatic rings.